The van der Waals surface area contributed by atoms with Gasteiger partial charge in [0.05, 0.1) is 0 Å². The van der Waals surface area contributed by atoms with Crippen LogP contribution in [0.15, 0.2) is 18.2 Å². The first-order chi connectivity index (χ1) is 7.02. The van der Waals surface area contributed by atoms with Crippen LogP contribution in [0.3, 0.4) is 0 Å². The largest absolute Gasteiger partial charge is 0.336 e. The fraction of sp³-hybridized carbons (Fsp3) is 0.200. The number of fused-ring (bicyclic) bond motifs is 1. The molecule has 0 radical (unpaired) electrons. The van der Waals surface area contributed by atoms with Crippen LogP contribution in [0.4, 0.5) is 0 Å². The Kier molecular flexibility index (Phi) is 1.89. The van der Waals surface area contributed by atoms with Gasteiger partial charge in [-0.2, -0.15) is 0 Å². The molecule has 0 bridgehead atoms. The van der Waals surface area contributed by atoms with E-state index < -0.39 is 22.5 Å². The highest BCUT2D eigenvalue weighted by molar-refractivity contribution is 6.28. The van der Waals surface area contributed by atoms with Gasteiger partial charge in [-0.3, -0.25) is 19.7 Å². The molecule has 5 heteroatoms. The summed E-state index contributed by atoms with van der Waals surface area (Å²) in [5, 5.41) is 10.5. The fourth-order valence-corrected chi connectivity index (χ4v) is 1.68. The lowest BCUT2D eigenvalue weighted by atomic mass is 10.1. The lowest BCUT2D eigenvalue weighted by Gasteiger charge is -1.95. The van der Waals surface area contributed by atoms with Crippen molar-refractivity contribution in [3.63, 3.8) is 0 Å². The van der Waals surface area contributed by atoms with Gasteiger partial charge in [0.1, 0.15) is 0 Å². The Labute approximate surface area is 84.9 Å². The molecule has 1 aromatic rings. The van der Waals surface area contributed by atoms with Gasteiger partial charge in [0, 0.05) is 16.1 Å². The SMILES string of the molecule is Cc1ccc2c(c1)C(=O)C([N+](=O)[O-])C2=O. The van der Waals surface area contributed by atoms with Crippen molar-refractivity contribution >= 4 is 11.6 Å². The van der Waals surface area contributed by atoms with Gasteiger partial charge in [-0.15, -0.1) is 0 Å². The van der Waals surface area contributed by atoms with Crippen molar-refractivity contribution in [1.29, 1.82) is 0 Å². The van der Waals surface area contributed by atoms with Crippen LogP contribution in [0, 0.1) is 17.0 Å². The van der Waals surface area contributed by atoms with E-state index in [1.165, 1.54) is 12.1 Å². The van der Waals surface area contributed by atoms with E-state index in [2.05, 4.69) is 0 Å². The van der Waals surface area contributed by atoms with E-state index in [-0.39, 0.29) is 11.1 Å². The summed E-state index contributed by atoms with van der Waals surface area (Å²) in [7, 11) is 0. The zero-order chi connectivity index (χ0) is 11.2. The molecule has 76 valence electrons. The van der Waals surface area contributed by atoms with Gasteiger partial charge >= 0.3 is 6.04 Å². The highest BCUT2D eigenvalue weighted by Crippen LogP contribution is 2.24. The number of benzene rings is 1. The van der Waals surface area contributed by atoms with Gasteiger partial charge in [0.2, 0.25) is 11.6 Å². The number of Topliss-reactive ketones (excluding diaryl/α,β-unsaturated/α-hetero) is 2. The maximum atomic E-state index is 11.5. The van der Waals surface area contributed by atoms with Crippen molar-refractivity contribution in [2.75, 3.05) is 0 Å². The number of rotatable bonds is 1. The molecule has 0 aromatic heterocycles. The van der Waals surface area contributed by atoms with E-state index >= 15 is 0 Å². The second-order valence-corrected chi connectivity index (χ2v) is 3.47. The summed E-state index contributed by atoms with van der Waals surface area (Å²) in [5.74, 6) is -1.41. The van der Waals surface area contributed by atoms with Gasteiger partial charge in [0.15, 0.2) is 0 Å². The van der Waals surface area contributed by atoms with Crippen LogP contribution in [0.5, 0.6) is 0 Å². The molecule has 0 saturated carbocycles. The fourth-order valence-electron chi connectivity index (χ4n) is 1.68. The van der Waals surface area contributed by atoms with E-state index in [1.54, 1.807) is 13.0 Å². The van der Waals surface area contributed by atoms with E-state index in [4.69, 9.17) is 0 Å². The molecule has 1 aliphatic carbocycles. The zero-order valence-electron chi connectivity index (χ0n) is 7.89. The van der Waals surface area contributed by atoms with E-state index in [9.17, 15) is 19.7 Å². The van der Waals surface area contributed by atoms with Gasteiger partial charge in [-0.25, -0.2) is 0 Å². The molecule has 5 nitrogen and oxygen atoms in total. The number of nitro groups is 1. The molecular formula is C10H7NO4. The van der Waals surface area contributed by atoms with Crippen LogP contribution in [-0.4, -0.2) is 22.5 Å². The lowest BCUT2D eigenvalue weighted by molar-refractivity contribution is -0.488. The summed E-state index contributed by atoms with van der Waals surface area (Å²) in [5.41, 5.74) is 1.13. The van der Waals surface area contributed by atoms with Gasteiger partial charge < -0.3 is 0 Å². The Bertz CT molecular complexity index is 492. The van der Waals surface area contributed by atoms with Crippen LogP contribution in [0.2, 0.25) is 0 Å². The summed E-state index contributed by atoms with van der Waals surface area (Å²) in [6, 6.07) is 2.90. The molecule has 0 N–H and O–H groups in total. The standard InChI is InChI=1S/C10H7NO4/c1-5-2-3-6-7(4-5)10(13)8(9(6)12)11(14)15/h2-4,8H,1H3. The quantitative estimate of drug-likeness (QED) is 0.389. The summed E-state index contributed by atoms with van der Waals surface area (Å²) in [6.45, 7) is 1.76. The second-order valence-electron chi connectivity index (χ2n) is 3.47. The minimum Gasteiger partial charge on any atom is -0.286 e. The van der Waals surface area contributed by atoms with Crippen LogP contribution < -0.4 is 0 Å². The highest BCUT2D eigenvalue weighted by atomic mass is 16.6. The molecule has 1 aromatic carbocycles. The van der Waals surface area contributed by atoms with E-state index in [0.717, 1.165) is 5.56 Å². The third-order valence-electron chi connectivity index (χ3n) is 2.41. The predicted molar refractivity (Wildman–Crippen MR) is 50.6 cm³/mol. The van der Waals surface area contributed by atoms with Crippen molar-refractivity contribution in [2.24, 2.45) is 0 Å². The van der Waals surface area contributed by atoms with Gasteiger partial charge in [0.25, 0.3) is 0 Å². The molecular weight excluding hydrogens is 198 g/mol. The second kappa shape index (κ2) is 2.98. The Morgan fingerprint density at radius 2 is 1.80 bits per heavy atom. The first-order valence-electron chi connectivity index (χ1n) is 4.35. The summed E-state index contributed by atoms with van der Waals surface area (Å²) in [6.07, 6.45) is 0. The van der Waals surface area contributed by atoms with Crippen molar-refractivity contribution in [3.8, 4) is 0 Å². The molecule has 1 aliphatic rings. The molecule has 0 saturated heterocycles. The monoisotopic (exact) mass is 205 g/mol. The minimum absolute atomic E-state index is 0.160. The number of carbonyl (C=O) groups excluding carboxylic acids is 2. The predicted octanol–water partition coefficient (Wildman–Crippen LogP) is 1.02. The molecule has 2 rings (SSSR count). The highest BCUT2D eigenvalue weighted by Gasteiger charge is 2.47. The maximum absolute atomic E-state index is 11.5. The number of aryl methyl sites for hydroxylation is 1. The first-order valence-corrected chi connectivity index (χ1v) is 4.35. The first kappa shape index (κ1) is 9.51. The number of nitrogens with zero attached hydrogens (tertiary/aromatic N) is 1. The molecule has 15 heavy (non-hydrogen) atoms. The summed E-state index contributed by atoms with van der Waals surface area (Å²) >= 11 is 0. The zero-order valence-corrected chi connectivity index (χ0v) is 7.89. The van der Waals surface area contributed by atoms with Gasteiger partial charge in [-0.1, -0.05) is 17.7 Å². The number of hydrogen-bond donors (Lipinski definition) is 0. The topological polar surface area (TPSA) is 77.3 Å². The van der Waals surface area contributed by atoms with Crippen LogP contribution >= 0.6 is 0 Å². The average molecular weight is 205 g/mol. The molecule has 0 heterocycles. The third kappa shape index (κ3) is 1.24. The van der Waals surface area contributed by atoms with Crippen LogP contribution in [-0.2, 0) is 0 Å². The van der Waals surface area contributed by atoms with Crippen molar-refractivity contribution in [3.05, 3.63) is 45.0 Å². The molecule has 1 unspecified atom stereocenters. The lowest BCUT2D eigenvalue weighted by Crippen LogP contribution is -2.31. The normalized spacial score (nSPS) is 19.1. The number of hydrogen-bond acceptors (Lipinski definition) is 4. The smallest absolute Gasteiger partial charge is 0.286 e. The molecule has 0 aliphatic heterocycles. The molecule has 1 atom stereocenters. The van der Waals surface area contributed by atoms with Crippen LogP contribution in [0.1, 0.15) is 26.3 Å². The minimum atomic E-state index is -1.73. The average Bonchev–Trinajstić information content (AvgIpc) is 2.39. The third-order valence-corrected chi connectivity index (χ3v) is 2.41. The Morgan fingerprint density at radius 1 is 1.20 bits per heavy atom. The van der Waals surface area contributed by atoms with Crippen molar-refractivity contribution in [2.45, 2.75) is 13.0 Å². The van der Waals surface area contributed by atoms with Crippen molar-refractivity contribution < 1.29 is 14.5 Å². The number of ketones is 2. The Balaban J connectivity index is 2.60. The molecule has 0 spiro atoms. The van der Waals surface area contributed by atoms with Crippen LogP contribution in [0.25, 0.3) is 0 Å². The Morgan fingerprint density at radius 3 is 2.40 bits per heavy atom. The summed E-state index contributed by atoms with van der Waals surface area (Å²) in [4.78, 5) is 32.7. The summed E-state index contributed by atoms with van der Waals surface area (Å²) < 4.78 is 0. The number of carbonyl (C=O) groups is 2. The van der Waals surface area contributed by atoms with Gasteiger partial charge in [-0.05, 0) is 13.0 Å². The van der Waals surface area contributed by atoms with Crippen molar-refractivity contribution in [1.82, 2.24) is 0 Å². The van der Waals surface area contributed by atoms with E-state index in [1.807, 2.05) is 0 Å². The molecule has 0 fully saturated rings. The van der Waals surface area contributed by atoms with E-state index in [0.29, 0.717) is 0 Å². The Hall–Kier alpha value is -2.04. The molecule has 0 amide bonds. The maximum Gasteiger partial charge on any atom is 0.336 e.